The van der Waals surface area contributed by atoms with E-state index in [1.165, 1.54) is 0 Å². The van der Waals surface area contributed by atoms with Crippen LogP contribution in [0.3, 0.4) is 0 Å². The molecular formula is C15H24N2O2S. The minimum absolute atomic E-state index is 0.0477. The van der Waals surface area contributed by atoms with Crippen LogP contribution in [0, 0.1) is 19.8 Å². The van der Waals surface area contributed by atoms with E-state index in [9.17, 15) is 8.42 Å². The zero-order chi connectivity index (χ0) is 14.8. The molecule has 0 aromatic heterocycles. The summed E-state index contributed by atoms with van der Waals surface area (Å²) in [7, 11) is -3.43. The van der Waals surface area contributed by atoms with E-state index in [-0.39, 0.29) is 6.04 Å². The van der Waals surface area contributed by atoms with E-state index in [1.807, 2.05) is 32.9 Å². The Labute approximate surface area is 122 Å². The van der Waals surface area contributed by atoms with Crippen LogP contribution in [0.5, 0.6) is 0 Å². The van der Waals surface area contributed by atoms with E-state index < -0.39 is 10.0 Å². The molecule has 0 aliphatic carbocycles. The van der Waals surface area contributed by atoms with Gasteiger partial charge < -0.3 is 5.32 Å². The van der Waals surface area contributed by atoms with Gasteiger partial charge in [0.2, 0.25) is 10.0 Å². The Kier molecular flexibility index (Phi) is 4.83. The third-order valence-corrected chi connectivity index (χ3v) is 5.72. The topological polar surface area (TPSA) is 58.2 Å². The van der Waals surface area contributed by atoms with Crippen molar-refractivity contribution in [3.05, 3.63) is 29.3 Å². The average Bonchev–Trinajstić information content (AvgIpc) is 2.38. The van der Waals surface area contributed by atoms with Crippen LogP contribution in [-0.4, -0.2) is 27.5 Å². The fraction of sp³-hybridized carbons (Fsp3) is 0.600. The standard InChI is InChI=1S/C15H24N2O2S/c1-11-6-7-15(12(2)9-11)20(18,19)17-13(3)14-5-4-8-16-10-14/h6-7,9,13-14,16-17H,4-5,8,10H2,1-3H3. The quantitative estimate of drug-likeness (QED) is 0.893. The molecule has 2 N–H and O–H groups in total. The van der Waals surface area contributed by atoms with E-state index in [0.717, 1.165) is 37.1 Å². The van der Waals surface area contributed by atoms with Crippen molar-refractivity contribution in [2.75, 3.05) is 13.1 Å². The van der Waals surface area contributed by atoms with E-state index >= 15 is 0 Å². The normalized spacial score (nSPS) is 21.6. The predicted molar refractivity (Wildman–Crippen MR) is 81.3 cm³/mol. The van der Waals surface area contributed by atoms with Gasteiger partial charge in [-0.1, -0.05) is 17.7 Å². The molecule has 1 aliphatic heterocycles. The minimum Gasteiger partial charge on any atom is -0.316 e. The molecule has 2 unspecified atom stereocenters. The van der Waals surface area contributed by atoms with E-state index in [1.54, 1.807) is 6.07 Å². The second kappa shape index (κ2) is 6.24. The Morgan fingerprint density at radius 1 is 1.35 bits per heavy atom. The molecule has 0 spiro atoms. The molecule has 20 heavy (non-hydrogen) atoms. The summed E-state index contributed by atoms with van der Waals surface area (Å²) in [5.41, 5.74) is 1.87. The van der Waals surface area contributed by atoms with Gasteiger partial charge in [-0.25, -0.2) is 13.1 Å². The van der Waals surface area contributed by atoms with Crippen LogP contribution in [0.25, 0.3) is 0 Å². The maximum absolute atomic E-state index is 12.5. The number of rotatable bonds is 4. The number of benzene rings is 1. The molecule has 4 nitrogen and oxygen atoms in total. The SMILES string of the molecule is Cc1ccc(S(=O)(=O)NC(C)C2CCCNC2)c(C)c1. The lowest BCUT2D eigenvalue weighted by molar-refractivity contribution is 0.320. The summed E-state index contributed by atoms with van der Waals surface area (Å²) in [5, 5.41) is 3.33. The van der Waals surface area contributed by atoms with Crippen molar-refractivity contribution in [1.82, 2.24) is 10.0 Å². The Morgan fingerprint density at radius 3 is 2.70 bits per heavy atom. The van der Waals surface area contributed by atoms with Crippen LogP contribution in [0.2, 0.25) is 0 Å². The molecule has 0 bridgehead atoms. The second-order valence-electron chi connectivity index (χ2n) is 5.79. The first-order chi connectivity index (χ1) is 9.40. The summed E-state index contributed by atoms with van der Waals surface area (Å²) in [5.74, 6) is 0.365. The second-order valence-corrected chi connectivity index (χ2v) is 7.47. The number of sulfonamides is 1. The van der Waals surface area contributed by atoms with Gasteiger partial charge in [0.25, 0.3) is 0 Å². The lowest BCUT2D eigenvalue weighted by atomic mass is 9.94. The molecule has 1 fully saturated rings. The lowest BCUT2D eigenvalue weighted by Gasteiger charge is -2.28. The highest BCUT2D eigenvalue weighted by Gasteiger charge is 2.25. The van der Waals surface area contributed by atoms with Gasteiger partial charge in [-0.05, 0) is 64.3 Å². The van der Waals surface area contributed by atoms with Gasteiger partial charge in [-0.3, -0.25) is 0 Å². The van der Waals surface area contributed by atoms with Crippen molar-refractivity contribution in [3.8, 4) is 0 Å². The Hall–Kier alpha value is -0.910. The van der Waals surface area contributed by atoms with Crippen molar-refractivity contribution in [2.24, 2.45) is 5.92 Å². The highest BCUT2D eigenvalue weighted by Crippen LogP contribution is 2.20. The third-order valence-electron chi connectivity index (χ3n) is 4.00. The molecule has 112 valence electrons. The first-order valence-electron chi connectivity index (χ1n) is 7.20. The summed E-state index contributed by atoms with van der Waals surface area (Å²) in [4.78, 5) is 0.388. The lowest BCUT2D eigenvalue weighted by Crippen LogP contribution is -2.44. The largest absolute Gasteiger partial charge is 0.316 e. The molecule has 0 radical (unpaired) electrons. The Morgan fingerprint density at radius 2 is 2.10 bits per heavy atom. The minimum atomic E-state index is -3.43. The summed E-state index contributed by atoms with van der Waals surface area (Å²) in [6.07, 6.45) is 2.18. The molecule has 1 aromatic rings. The summed E-state index contributed by atoms with van der Waals surface area (Å²) in [6.45, 7) is 7.68. The van der Waals surface area contributed by atoms with Crippen LogP contribution < -0.4 is 10.0 Å². The van der Waals surface area contributed by atoms with Gasteiger partial charge >= 0.3 is 0 Å². The predicted octanol–water partition coefficient (Wildman–Crippen LogP) is 1.97. The smallest absolute Gasteiger partial charge is 0.241 e. The van der Waals surface area contributed by atoms with Gasteiger partial charge in [-0.2, -0.15) is 0 Å². The molecule has 1 saturated heterocycles. The Bertz CT molecular complexity index is 563. The number of piperidine rings is 1. The van der Waals surface area contributed by atoms with Gasteiger partial charge in [0.05, 0.1) is 4.90 Å². The van der Waals surface area contributed by atoms with E-state index in [0.29, 0.717) is 10.8 Å². The Balaban J connectivity index is 2.13. The molecule has 1 aliphatic rings. The summed E-state index contributed by atoms with van der Waals surface area (Å²) >= 11 is 0. The van der Waals surface area contributed by atoms with Gasteiger partial charge in [-0.15, -0.1) is 0 Å². The maximum Gasteiger partial charge on any atom is 0.241 e. The molecule has 0 amide bonds. The zero-order valence-electron chi connectivity index (χ0n) is 12.4. The fourth-order valence-electron chi connectivity index (χ4n) is 2.81. The molecular weight excluding hydrogens is 272 g/mol. The monoisotopic (exact) mass is 296 g/mol. The summed E-state index contributed by atoms with van der Waals surface area (Å²) < 4.78 is 27.8. The van der Waals surface area contributed by atoms with Crippen molar-refractivity contribution in [3.63, 3.8) is 0 Å². The first-order valence-corrected chi connectivity index (χ1v) is 8.69. The van der Waals surface area contributed by atoms with E-state index in [2.05, 4.69) is 10.0 Å². The molecule has 0 saturated carbocycles. The van der Waals surface area contributed by atoms with Gasteiger partial charge in [0.1, 0.15) is 0 Å². The highest BCUT2D eigenvalue weighted by molar-refractivity contribution is 7.89. The number of hydrogen-bond donors (Lipinski definition) is 2. The van der Waals surface area contributed by atoms with Crippen LogP contribution in [0.4, 0.5) is 0 Å². The highest BCUT2D eigenvalue weighted by atomic mass is 32.2. The van der Waals surface area contributed by atoms with Crippen molar-refractivity contribution in [1.29, 1.82) is 0 Å². The maximum atomic E-state index is 12.5. The zero-order valence-corrected chi connectivity index (χ0v) is 13.3. The van der Waals surface area contributed by atoms with Crippen molar-refractivity contribution in [2.45, 2.75) is 44.6 Å². The first kappa shape index (κ1) is 15.5. The van der Waals surface area contributed by atoms with Crippen molar-refractivity contribution >= 4 is 10.0 Å². The number of aryl methyl sites for hydroxylation is 2. The van der Waals surface area contributed by atoms with Crippen molar-refractivity contribution < 1.29 is 8.42 Å². The number of hydrogen-bond acceptors (Lipinski definition) is 3. The molecule has 1 aromatic carbocycles. The van der Waals surface area contributed by atoms with E-state index in [4.69, 9.17) is 0 Å². The van der Waals surface area contributed by atoms with Crippen LogP contribution in [0.15, 0.2) is 23.1 Å². The average molecular weight is 296 g/mol. The third kappa shape index (κ3) is 3.59. The van der Waals surface area contributed by atoms with Gasteiger partial charge in [0, 0.05) is 6.04 Å². The van der Waals surface area contributed by atoms with Gasteiger partial charge in [0.15, 0.2) is 0 Å². The molecule has 2 rings (SSSR count). The molecule has 2 atom stereocenters. The van der Waals surface area contributed by atoms with Crippen LogP contribution in [-0.2, 0) is 10.0 Å². The van der Waals surface area contributed by atoms with Crippen LogP contribution in [0.1, 0.15) is 30.9 Å². The summed E-state index contributed by atoms with van der Waals surface area (Å²) in [6, 6.07) is 5.39. The fourth-order valence-corrected chi connectivity index (χ4v) is 4.35. The van der Waals surface area contributed by atoms with Crippen LogP contribution >= 0.6 is 0 Å². The molecule has 1 heterocycles. The molecule has 5 heteroatoms. The number of nitrogens with one attached hydrogen (secondary N) is 2.